The summed E-state index contributed by atoms with van der Waals surface area (Å²) in [5.41, 5.74) is 0.386. The average Bonchev–Trinajstić information content (AvgIpc) is 3.25. The van der Waals surface area contributed by atoms with E-state index in [1.807, 2.05) is 4.57 Å². The van der Waals surface area contributed by atoms with Gasteiger partial charge in [-0.25, -0.2) is 0 Å². The quantitative estimate of drug-likeness (QED) is 0.664. The topological polar surface area (TPSA) is 103 Å². The van der Waals surface area contributed by atoms with E-state index in [2.05, 4.69) is 10.2 Å². The third-order valence-corrected chi connectivity index (χ3v) is 3.46. The largest absolute Gasteiger partial charge is 0.490 e. The van der Waals surface area contributed by atoms with Crippen LogP contribution in [0.25, 0.3) is 11.4 Å². The lowest BCUT2D eigenvalue weighted by atomic mass is 10.1. The molecule has 0 unspecified atom stereocenters. The Bertz CT molecular complexity index is 693. The van der Waals surface area contributed by atoms with Crippen molar-refractivity contribution in [2.45, 2.75) is 25.5 Å². The van der Waals surface area contributed by atoms with E-state index < -0.39 is 4.92 Å². The molecule has 0 amide bonds. The maximum atomic E-state index is 11.1. The van der Waals surface area contributed by atoms with Crippen LogP contribution in [0.2, 0.25) is 0 Å². The van der Waals surface area contributed by atoms with Crippen molar-refractivity contribution < 1.29 is 14.8 Å². The van der Waals surface area contributed by atoms with Crippen LogP contribution in [0, 0.1) is 10.1 Å². The molecule has 1 aromatic heterocycles. The van der Waals surface area contributed by atoms with Gasteiger partial charge < -0.3 is 14.4 Å². The summed E-state index contributed by atoms with van der Waals surface area (Å²) < 4.78 is 7.04. The van der Waals surface area contributed by atoms with Crippen molar-refractivity contribution in [2.75, 3.05) is 7.11 Å². The predicted octanol–water partition coefficient (Wildman–Crippen LogP) is 1.69. The molecule has 1 aromatic carbocycles. The van der Waals surface area contributed by atoms with E-state index in [4.69, 9.17) is 4.74 Å². The third-order valence-electron chi connectivity index (χ3n) is 3.46. The summed E-state index contributed by atoms with van der Waals surface area (Å²) >= 11 is 0. The highest BCUT2D eigenvalue weighted by atomic mass is 16.6. The van der Waals surface area contributed by atoms with E-state index in [1.54, 1.807) is 12.1 Å². The molecule has 8 nitrogen and oxygen atoms in total. The molecular formula is C13H14N4O4. The lowest BCUT2D eigenvalue weighted by Crippen LogP contribution is -2.05. The van der Waals surface area contributed by atoms with Gasteiger partial charge in [-0.05, 0) is 18.9 Å². The van der Waals surface area contributed by atoms with Crippen molar-refractivity contribution in [1.82, 2.24) is 14.8 Å². The number of hydrogen-bond donors (Lipinski definition) is 1. The Kier molecular flexibility index (Phi) is 3.30. The fraction of sp³-hybridized carbons (Fsp3) is 0.385. The van der Waals surface area contributed by atoms with Gasteiger partial charge in [0.15, 0.2) is 11.6 Å². The summed E-state index contributed by atoms with van der Waals surface area (Å²) in [5.74, 6) is 1.10. The molecule has 3 rings (SSSR count). The van der Waals surface area contributed by atoms with E-state index >= 15 is 0 Å². The number of aliphatic hydroxyl groups is 1. The molecule has 0 aliphatic heterocycles. The highest BCUT2D eigenvalue weighted by Gasteiger charge is 2.31. The van der Waals surface area contributed by atoms with E-state index in [1.165, 1.54) is 13.2 Å². The number of rotatable bonds is 5. The van der Waals surface area contributed by atoms with Crippen LogP contribution in [-0.4, -0.2) is 31.9 Å². The number of para-hydroxylation sites is 1. The summed E-state index contributed by atoms with van der Waals surface area (Å²) in [6.45, 7) is -0.221. The smallest absolute Gasteiger partial charge is 0.311 e. The van der Waals surface area contributed by atoms with Gasteiger partial charge in [0.25, 0.3) is 0 Å². The second-order valence-electron chi connectivity index (χ2n) is 4.81. The standard InChI is InChI=1S/C13H14N4O4/c1-21-12-9(3-2-4-10(12)17(19)20)13-15-14-11(7-18)16(13)8-5-6-8/h2-4,8,18H,5-7H2,1H3. The molecule has 0 bridgehead atoms. The summed E-state index contributed by atoms with van der Waals surface area (Å²) in [6, 6.07) is 4.91. The van der Waals surface area contributed by atoms with Crippen LogP contribution >= 0.6 is 0 Å². The number of nitro benzene ring substituents is 1. The number of nitro groups is 1. The molecule has 1 fully saturated rings. The van der Waals surface area contributed by atoms with Gasteiger partial charge in [-0.1, -0.05) is 6.07 Å². The Labute approximate surface area is 120 Å². The first kappa shape index (κ1) is 13.5. The molecule has 110 valence electrons. The van der Waals surface area contributed by atoms with Gasteiger partial charge in [0.1, 0.15) is 6.61 Å². The molecule has 0 radical (unpaired) electrons. The molecule has 1 heterocycles. The van der Waals surface area contributed by atoms with Gasteiger partial charge in [0.2, 0.25) is 5.75 Å². The minimum absolute atomic E-state index is 0.120. The van der Waals surface area contributed by atoms with E-state index in [9.17, 15) is 15.2 Å². The molecule has 21 heavy (non-hydrogen) atoms. The molecule has 0 saturated heterocycles. The van der Waals surface area contributed by atoms with Crippen LogP contribution in [0.4, 0.5) is 5.69 Å². The van der Waals surface area contributed by atoms with E-state index in [0.29, 0.717) is 17.2 Å². The zero-order chi connectivity index (χ0) is 15.0. The van der Waals surface area contributed by atoms with Gasteiger partial charge in [-0.3, -0.25) is 10.1 Å². The monoisotopic (exact) mass is 290 g/mol. The van der Waals surface area contributed by atoms with Crippen LogP contribution < -0.4 is 4.74 Å². The Hall–Kier alpha value is -2.48. The maximum Gasteiger partial charge on any atom is 0.311 e. The van der Waals surface area contributed by atoms with Crippen LogP contribution in [0.5, 0.6) is 5.75 Å². The first-order valence-electron chi connectivity index (χ1n) is 6.53. The second kappa shape index (κ2) is 5.13. The van der Waals surface area contributed by atoms with Crippen molar-refractivity contribution >= 4 is 5.69 Å². The van der Waals surface area contributed by atoms with Gasteiger partial charge in [-0.15, -0.1) is 10.2 Å². The first-order valence-corrected chi connectivity index (χ1v) is 6.53. The number of aromatic nitrogens is 3. The molecule has 1 saturated carbocycles. The molecule has 1 aliphatic rings. The van der Waals surface area contributed by atoms with Crippen LogP contribution in [0.1, 0.15) is 24.7 Å². The number of methoxy groups -OCH3 is 1. The highest BCUT2D eigenvalue weighted by Crippen LogP contribution is 2.42. The molecule has 0 atom stereocenters. The van der Waals surface area contributed by atoms with E-state index in [-0.39, 0.29) is 24.1 Å². The molecular weight excluding hydrogens is 276 g/mol. The van der Waals surface area contributed by atoms with Crippen molar-refractivity contribution in [1.29, 1.82) is 0 Å². The predicted molar refractivity (Wildman–Crippen MR) is 72.9 cm³/mol. The number of hydrogen-bond acceptors (Lipinski definition) is 6. The fourth-order valence-corrected chi connectivity index (χ4v) is 2.39. The van der Waals surface area contributed by atoms with Crippen LogP contribution in [-0.2, 0) is 6.61 Å². The van der Waals surface area contributed by atoms with Crippen molar-refractivity contribution in [3.63, 3.8) is 0 Å². The minimum atomic E-state index is -0.493. The summed E-state index contributed by atoms with van der Waals surface area (Å²) in [4.78, 5) is 10.6. The van der Waals surface area contributed by atoms with Gasteiger partial charge in [0.05, 0.1) is 17.6 Å². The van der Waals surface area contributed by atoms with Crippen LogP contribution in [0.15, 0.2) is 18.2 Å². The fourth-order valence-electron chi connectivity index (χ4n) is 2.39. The lowest BCUT2D eigenvalue weighted by molar-refractivity contribution is -0.385. The summed E-state index contributed by atoms with van der Waals surface area (Å²) in [6.07, 6.45) is 1.96. The Morgan fingerprint density at radius 2 is 2.24 bits per heavy atom. The zero-order valence-corrected chi connectivity index (χ0v) is 11.4. The maximum absolute atomic E-state index is 11.1. The normalized spacial score (nSPS) is 14.2. The van der Waals surface area contributed by atoms with E-state index in [0.717, 1.165) is 12.8 Å². The number of benzene rings is 1. The van der Waals surface area contributed by atoms with Gasteiger partial charge >= 0.3 is 5.69 Å². The zero-order valence-electron chi connectivity index (χ0n) is 11.4. The molecule has 1 N–H and O–H groups in total. The van der Waals surface area contributed by atoms with Crippen LogP contribution in [0.3, 0.4) is 0 Å². The number of nitrogens with zero attached hydrogens (tertiary/aromatic N) is 4. The first-order chi connectivity index (χ1) is 10.2. The summed E-state index contributed by atoms with van der Waals surface area (Å²) in [7, 11) is 1.39. The Morgan fingerprint density at radius 1 is 1.48 bits per heavy atom. The van der Waals surface area contributed by atoms with Gasteiger partial charge in [0, 0.05) is 12.1 Å². The average molecular weight is 290 g/mol. The van der Waals surface area contributed by atoms with Crippen molar-refractivity contribution in [2.24, 2.45) is 0 Å². The summed E-state index contributed by atoms with van der Waals surface area (Å²) in [5, 5.41) is 28.5. The highest BCUT2D eigenvalue weighted by molar-refractivity contribution is 5.71. The minimum Gasteiger partial charge on any atom is -0.490 e. The molecule has 1 aliphatic carbocycles. The lowest BCUT2D eigenvalue weighted by Gasteiger charge is -2.11. The number of aliphatic hydroxyl groups excluding tert-OH is 1. The third kappa shape index (κ3) is 2.23. The van der Waals surface area contributed by atoms with Crippen molar-refractivity contribution in [3.05, 3.63) is 34.1 Å². The Balaban J connectivity index is 2.19. The molecule has 8 heteroatoms. The Morgan fingerprint density at radius 3 is 2.81 bits per heavy atom. The number of ether oxygens (including phenoxy) is 1. The SMILES string of the molecule is COc1c(-c2nnc(CO)n2C2CC2)cccc1[N+](=O)[O-]. The second-order valence-corrected chi connectivity index (χ2v) is 4.81. The molecule has 0 spiro atoms. The van der Waals surface area contributed by atoms with Gasteiger partial charge in [-0.2, -0.15) is 0 Å². The van der Waals surface area contributed by atoms with Crippen molar-refractivity contribution in [3.8, 4) is 17.1 Å². The molecule has 2 aromatic rings.